The van der Waals surface area contributed by atoms with E-state index in [1.54, 1.807) is 19.5 Å². The smallest absolute Gasteiger partial charge is 0.262 e. The van der Waals surface area contributed by atoms with Crippen LogP contribution in [0.4, 0.5) is 0 Å². The third-order valence-electron chi connectivity index (χ3n) is 9.46. The molecule has 2 aliphatic rings. The summed E-state index contributed by atoms with van der Waals surface area (Å²) in [6.07, 6.45) is 4.72. The number of ether oxygens (including phenoxy) is 2. The maximum Gasteiger partial charge on any atom is 0.262 e. The molecule has 51 heavy (non-hydrogen) atoms. The molecule has 2 aliphatic heterocycles. The highest BCUT2D eigenvalue weighted by atomic mass is 35.5. The fourth-order valence-corrected chi connectivity index (χ4v) is 7.31. The number of amides is 1. The van der Waals surface area contributed by atoms with Crippen molar-refractivity contribution in [1.82, 2.24) is 30.3 Å². The van der Waals surface area contributed by atoms with Crippen molar-refractivity contribution in [1.29, 1.82) is 0 Å². The number of hydrogen-bond acceptors (Lipinski definition) is 9. The van der Waals surface area contributed by atoms with Crippen LogP contribution in [0.25, 0.3) is 39.2 Å². The number of aliphatic hydroxyl groups excluding tert-OH is 1. The lowest BCUT2D eigenvalue weighted by molar-refractivity contribution is -0.119. The molecule has 2 fully saturated rings. The number of benzene rings is 2. The molecule has 4 N–H and O–H groups in total. The van der Waals surface area contributed by atoms with Gasteiger partial charge in [0.05, 0.1) is 41.1 Å². The quantitative estimate of drug-likeness (QED) is 0.148. The van der Waals surface area contributed by atoms with E-state index in [1.165, 1.54) is 4.40 Å². The monoisotopic (exact) mass is 728 g/mol. The van der Waals surface area contributed by atoms with Crippen molar-refractivity contribution < 1.29 is 19.4 Å². The minimum absolute atomic E-state index is 0.0916. The van der Waals surface area contributed by atoms with Crippen LogP contribution in [0.3, 0.4) is 0 Å². The fraction of sp³-hybridized carbons (Fsp3) is 0.316. The van der Waals surface area contributed by atoms with Crippen molar-refractivity contribution in [2.75, 3.05) is 26.9 Å². The second kappa shape index (κ2) is 15.5. The Morgan fingerprint density at radius 2 is 1.75 bits per heavy atom. The molecule has 0 spiro atoms. The SMILES string of the molecule is COc1nc(-c2cccc(-c3cccc(-c4ccn5c(=O)c(CN[C@@H]6CCOC[C@H]6O)cnc5c4)c3Cl)c2Cl)ccc1CNC[C@H]1CCC(=O)N1. The number of halogens is 2. The van der Waals surface area contributed by atoms with E-state index in [-0.39, 0.29) is 36.7 Å². The highest BCUT2D eigenvalue weighted by Gasteiger charge is 2.24. The molecule has 5 heterocycles. The third kappa shape index (κ3) is 7.50. The number of fused-ring (bicyclic) bond motifs is 1. The van der Waals surface area contributed by atoms with Gasteiger partial charge in [0.25, 0.3) is 5.56 Å². The van der Waals surface area contributed by atoms with Gasteiger partial charge in [-0.15, -0.1) is 0 Å². The fourth-order valence-electron chi connectivity index (χ4n) is 6.65. The van der Waals surface area contributed by atoms with Gasteiger partial charge in [-0.1, -0.05) is 65.7 Å². The summed E-state index contributed by atoms with van der Waals surface area (Å²) >= 11 is 14.2. The van der Waals surface area contributed by atoms with E-state index in [0.29, 0.717) is 65.4 Å². The highest BCUT2D eigenvalue weighted by molar-refractivity contribution is 6.39. The van der Waals surface area contributed by atoms with Gasteiger partial charge in [0.1, 0.15) is 5.65 Å². The number of methoxy groups -OCH3 is 1. The average Bonchev–Trinajstić information content (AvgIpc) is 3.57. The topological polar surface area (TPSA) is 139 Å². The van der Waals surface area contributed by atoms with Crippen molar-refractivity contribution in [3.8, 4) is 39.4 Å². The largest absolute Gasteiger partial charge is 0.481 e. The average molecular weight is 730 g/mol. The molecule has 3 atom stereocenters. The number of carbonyl (C=O) groups is 1. The van der Waals surface area contributed by atoms with Gasteiger partial charge in [-0.3, -0.25) is 14.0 Å². The van der Waals surface area contributed by atoms with Crippen molar-refractivity contribution in [3.63, 3.8) is 0 Å². The second-order valence-electron chi connectivity index (χ2n) is 12.8. The predicted octanol–water partition coefficient (Wildman–Crippen LogP) is 5.01. The van der Waals surface area contributed by atoms with Gasteiger partial charge in [0.2, 0.25) is 11.8 Å². The van der Waals surface area contributed by atoms with E-state index in [1.807, 2.05) is 60.7 Å². The minimum Gasteiger partial charge on any atom is -0.481 e. The van der Waals surface area contributed by atoms with Crippen LogP contribution in [-0.4, -0.2) is 70.4 Å². The Morgan fingerprint density at radius 1 is 0.980 bits per heavy atom. The Balaban J connectivity index is 1.12. The maximum absolute atomic E-state index is 13.3. The van der Waals surface area contributed by atoms with E-state index < -0.39 is 6.10 Å². The molecule has 0 radical (unpaired) electrons. The molecule has 0 bridgehead atoms. The zero-order valence-electron chi connectivity index (χ0n) is 28.0. The summed E-state index contributed by atoms with van der Waals surface area (Å²) in [4.78, 5) is 34.2. The predicted molar refractivity (Wildman–Crippen MR) is 197 cm³/mol. The Kier molecular flexibility index (Phi) is 10.6. The first-order valence-electron chi connectivity index (χ1n) is 16.9. The van der Waals surface area contributed by atoms with Crippen LogP contribution in [0.15, 0.2) is 77.9 Å². The lowest BCUT2D eigenvalue weighted by Crippen LogP contribution is -2.46. The van der Waals surface area contributed by atoms with Gasteiger partial charge in [-0.05, 0) is 36.6 Å². The third-order valence-corrected chi connectivity index (χ3v) is 10.3. The maximum atomic E-state index is 13.3. The molecule has 3 aromatic heterocycles. The molecular formula is C38H38Cl2N6O5. The highest BCUT2D eigenvalue weighted by Crippen LogP contribution is 2.42. The summed E-state index contributed by atoms with van der Waals surface area (Å²) in [7, 11) is 1.59. The summed E-state index contributed by atoms with van der Waals surface area (Å²) in [6, 6.07) is 19.1. The van der Waals surface area contributed by atoms with Crippen LogP contribution in [0, 0.1) is 0 Å². The molecule has 13 heteroatoms. The first-order valence-corrected chi connectivity index (χ1v) is 17.7. The van der Waals surface area contributed by atoms with Crippen LogP contribution in [0.1, 0.15) is 30.4 Å². The van der Waals surface area contributed by atoms with Gasteiger partial charge in [0, 0.05) is 85.0 Å². The van der Waals surface area contributed by atoms with Crippen molar-refractivity contribution >= 4 is 34.8 Å². The van der Waals surface area contributed by atoms with Gasteiger partial charge >= 0.3 is 0 Å². The molecule has 5 aromatic rings. The summed E-state index contributed by atoms with van der Waals surface area (Å²) in [5.74, 6) is 0.580. The molecule has 0 unspecified atom stereocenters. The summed E-state index contributed by atoms with van der Waals surface area (Å²) in [6.45, 7) is 2.34. The zero-order valence-corrected chi connectivity index (χ0v) is 29.5. The molecule has 0 aliphatic carbocycles. The Bertz CT molecular complexity index is 2140. The second-order valence-corrected chi connectivity index (χ2v) is 13.5. The first kappa shape index (κ1) is 35.1. The molecule has 264 valence electrons. The number of pyridine rings is 2. The van der Waals surface area contributed by atoms with Crippen molar-refractivity contribution in [2.45, 2.75) is 50.5 Å². The Labute approximate surface area is 305 Å². The number of carbonyl (C=O) groups excluding carboxylic acids is 1. The number of rotatable bonds is 11. The standard InChI is InChI=1S/C38H38Cl2N6O5/c1-50-37-23(17-41-20-25-9-11-34(48)44-25)8-10-30(45-37)29-7-3-6-28(36(29)40)27-5-2-4-26(35(27)39)22-12-14-46-33(16-22)43-19-24(38(46)49)18-42-31-13-15-51-21-32(31)47/h2-8,10,12,14,16,19,25,31-32,41-42,47H,9,11,13,15,17-18,20-21H2,1H3,(H,44,48)/t25-,31-,32-/m1/s1. The van der Waals surface area contributed by atoms with Crippen LogP contribution >= 0.6 is 23.2 Å². The number of hydrogen-bond donors (Lipinski definition) is 4. The van der Waals surface area contributed by atoms with Crippen LogP contribution in [-0.2, 0) is 22.6 Å². The normalized spacial score (nSPS) is 19.0. The summed E-state index contributed by atoms with van der Waals surface area (Å²) in [5, 5.41) is 20.8. The van der Waals surface area contributed by atoms with Gasteiger partial charge in [0.15, 0.2) is 0 Å². The lowest BCUT2D eigenvalue weighted by atomic mass is 9.97. The molecular weight excluding hydrogens is 691 g/mol. The summed E-state index contributed by atoms with van der Waals surface area (Å²) < 4.78 is 12.5. The molecule has 0 saturated carbocycles. The van der Waals surface area contributed by atoms with Crippen LogP contribution in [0.2, 0.25) is 10.0 Å². The molecule has 11 nitrogen and oxygen atoms in total. The number of nitrogens with zero attached hydrogens (tertiary/aromatic N) is 3. The number of nitrogens with one attached hydrogen (secondary N) is 3. The van der Waals surface area contributed by atoms with Crippen molar-refractivity contribution in [2.24, 2.45) is 0 Å². The number of aliphatic hydroxyl groups is 1. The van der Waals surface area contributed by atoms with Crippen molar-refractivity contribution in [3.05, 3.63) is 105 Å². The molecule has 2 saturated heterocycles. The Morgan fingerprint density at radius 3 is 2.49 bits per heavy atom. The van der Waals surface area contributed by atoms with Crippen LogP contribution < -0.4 is 26.2 Å². The molecule has 2 aromatic carbocycles. The lowest BCUT2D eigenvalue weighted by Gasteiger charge is -2.28. The van der Waals surface area contributed by atoms with E-state index in [4.69, 9.17) is 37.7 Å². The minimum atomic E-state index is -0.616. The van der Waals surface area contributed by atoms with E-state index >= 15 is 0 Å². The van der Waals surface area contributed by atoms with E-state index in [2.05, 4.69) is 20.9 Å². The van der Waals surface area contributed by atoms with Gasteiger partial charge in [-0.25, -0.2) is 9.97 Å². The van der Waals surface area contributed by atoms with Gasteiger partial charge < -0.3 is 30.5 Å². The van der Waals surface area contributed by atoms with E-state index in [9.17, 15) is 14.7 Å². The zero-order chi connectivity index (χ0) is 35.5. The Hall–Kier alpha value is -4.36. The summed E-state index contributed by atoms with van der Waals surface area (Å²) in [5.41, 5.74) is 6.13. The number of aromatic nitrogens is 3. The van der Waals surface area contributed by atoms with Crippen LogP contribution in [0.5, 0.6) is 5.88 Å². The molecule has 7 rings (SSSR count). The van der Waals surface area contributed by atoms with Gasteiger partial charge in [-0.2, -0.15) is 0 Å². The molecule has 1 amide bonds. The van der Waals surface area contributed by atoms with E-state index in [0.717, 1.165) is 39.8 Å². The first-order chi connectivity index (χ1) is 24.8.